The number of aliphatic hydroxyl groups excluding tert-OH is 6. The quantitative estimate of drug-likeness (QED) is 0.0811. The summed E-state index contributed by atoms with van der Waals surface area (Å²) in [4.78, 5) is 54.7. The Morgan fingerprint density at radius 3 is 1.69 bits per heavy atom. The Kier molecular flexibility index (Phi) is 22.2. The summed E-state index contributed by atoms with van der Waals surface area (Å²) in [6.07, 6.45) is -26.1. The second kappa shape index (κ2) is 28.3. The number of hydrogen-bond donors (Lipinski definition) is 9. The lowest BCUT2D eigenvalue weighted by Gasteiger charge is -2.46. The Labute approximate surface area is 499 Å². The van der Waals surface area contributed by atoms with Crippen LogP contribution in [-0.4, -0.2) is 223 Å². The van der Waals surface area contributed by atoms with Crippen LogP contribution in [0.4, 0.5) is 0 Å². The van der Waals surface area contributed by atoms with E-state index in [0.717, 1.165) is 0 Å². The van der Waals surface area contributed by atoms with Crippen molar-refractivity contribution in [3.63, 3.8) is 0 Å². The molecule has 5 aliphatic heterocycles. The minimum absolute atomic E-state index is 0.0153. The summed E-state index contributed by atoms with van der Waals surface area (Å²) in [5.74, 6) is -5.33. The van der Waals surface area contributed by atoms with Gasteiger partial charge in [-0.1, -0.05) is 13.8 Å². The molecule has 0 radical (unpaired) electrons. The summed E-state index contributed by atoms with van der Waals surface area (Å²) < 4.78 is 78.4. The molecule has 8 rings (SSSR count). The standard InChI is InChI=1S/C60H88O26/c1-12-14-39(61)75-29(8)53(68)56(71)57(74-11)33-17-31-16-32-18-34(82-41-20-36(50(65)26(5)76-41)83-42-19-35(49(64)25(4)77-42)81-40(62)15-13-2)24(3)48(63)46(32)54(69)47(31)55(70)58(33)86-44-22-37(51(66)28(7)79-44)84-43-21-38(52(67)27(6)78-43)85-45-23-60(10,73)59(72)30(9)80-45/h16,18,25-30,33,35-38,41-45,49-53,57-59,63-69,72-73H,12-15,17,19-23H2,1-11H3/t25-,26-,27-,28-,29-,30-,33+,35-,36-,37-,38-,41+,42+,43+,44+,45+,49-,50-,51-,52+,53+,57+,58+,59-,60+/m1/s1. The number of methoxy groups -OCH3 is 1. The van der Waals surface area contributed by atoms with Crippen molar-refractivity contribution in [3.8, 4) is 17.2 Å². The Balaban J connectivity index is 1.06. The van der Waals surface area contributed by atoms with Gasteiger partial charge in [0, 0.05) is 63.5 Å². The second-order valence-electron chi connectivity index (χ2n) is 24.1. The monoisotopic (exact) mass is 1220 g/mol. The molecule has 5 fully saturated rings. The molecule has 0 aromatic heterocycles. The zero-order valence-electron chi connectivity index (χ0n) is 50.5. The highest BCUT2D eigenvalue weighted by atomic mass is 16.7. The molecular formula is C60H88O26. The zero-order valence-corrected chi connectivity index (χ0v) is 50.5. The van der Waals surface area contributed by atoms with Gasteiger partial charge in [0.1, 0.15) is 72.2 Å². The molecule has 86 heavy (non-hydrogen) atoms. The lowest BCUT2D eigenvalue weighted by atomic mass is 9.75. The molecule has 1 aliphatic carbocycles. The average Bonchev–Trinajstić information content (AvgIpc) is 0.781. The zero-order chi connectivity index (χ0) is 63.0. The summed E-state index contributed by atoms with van der Waals surface area (Å²) in [5.41, 5.74) is -1.55. The lowest BCUT2D eigenvalue weighted by molar-refractivity contribution is -0.334. The number of aromatic hydroxyl groups is 2. The van der Waals surface area contributed by atoms with Crippen LogP contribution in [0, 0.1) is 12.8 Å². The van der Waals surface area contributed by atoms with Gasteiger partial charge in [-0.05, 0) is 97.7 Å². The van der Waals surface area contributed by atoms with Crippen molar-refractivity contribution in [2.45, 2.75) is 280 Å². The van der Waals surface area contributed by atoms with Crippen LogP contribution in [-0.2, 0) is 77.6 Å². The van der Waals surface area contributed by atoms with E-state index in [9.17, 15) is 60.3 Å². The number of phenolic OH excluding ortho intramolecular Hbond substituents is 2. The van der Waals surface area contributed by atoms with Gasteiger partial charge in [-0.2, -0.15) is 0 Å². The molecule has 6 aliphatic rings. The predicted octanol–water partition coefficient (Wildman–Crippen LogP) is 2.45. The number of benzene rings is 2. The molecule has 0 amide bonds. The Morgan fingerprint density at radius 2 is 1.15 bits per heavy atom. The molecule has 5 saturated heterocycles. The molecule has 25 atom stereocenters. The molecule has 26 nitrogen and oxygen atoms in total. The number of rotatable bonds is 21. The van der Waals surface area contributed by atoms with Gasteiger partial charge in [-0.25, -0.2) is 0 Å². The van der Waals surface area contributed by atoms with Crippen LogP contribution in [0.15, 0.2) is 12.1 Å². The fourth-order valence-corrected chi connectivity index (χ4v) is 12.4. The number of carbonyl (C=O) groups excluding carboxylic acids is 4. The number of fused-ring (bicyclic) bond motifs is 2. The average molecular weight is 1230 g/mol. The summed E-state index contributed by atoms with van der Waals surface area (Å²) in [6, 6.07) is 3.03. The van der Waals surface area contributed by atoms with Crippen LogP contribution in [0.25, 0.3) is 10.8 Å². The number of esters is 2. The highest BCUT2D eigenvalue weighted by Gasteiger charge is 2.52. The fourth-order valence-electron chi connectivity index (χ4n) is 12.4. The Hall–Kier alpha value is -4.30. The Morgan fingerprint density at radius 1 is 0.674 bits per heavy atom. The largest absolute Gasteiger partial charge is 0.507 e. The minimum Gasteiger partial charge on any atom is -0.507 e. The van der Waals surface area contributed by atoms with E-state index in [4.69, 9.17) is 61.6 Å². The molecule has 2 aromatic carbocycles. The van der Waals surface area contributed by atoms with Gasteiger partial charge in [0.05, 0.1) is 65.4 Å². The van der Waals surface area contributed by atoms with Crippen LogP contribution in [0.1, 0.15) is 142 Å². The SMILES string of the molecule is CCCC(=O)O[C@H](C)[C@H](O)C(=O)[C@@H](OC)[C@@H]1Cc2cc3cc(O[C@H]4C[C@@H](O[C@H]5C[C@@H](OC(=O)CCC)[C@H](O)[C@@H](C)O5)[C@H](O)[C@@H](C)O4)c(C)c(O)c3c(O)c2C(=O)[C@H]1O[C@H]1C[C@@H](O[C@H]2C[C@@H](O[C@H]3C[C@](C)(O)[C@H](O)[C@@H](C)O3)[C@@H](O)[C@@H](C)O2)[C@H](O)[C@@H](C)O1. The minimum atomic E-state index is -1.95. The number of phenols is 2. The fraction of sp³-hybridized carbons (Fsp3) is 0.767. The van der Waals surface area contributed by atoms with Gasteiger partial charge in [-0.3, -0.25) is 19.2 Å². The lowest BCUT2D eigenvalue weighted by Crippen LogP contribution is -2.58. The van der Waals surface area contributed by atoms with E-state index in [2.05, 4.69) is 0 Å². The molecule has 5 heterocycles. The molecule has 9 N–H and O–H groups in total. The van der Waals surface area contributed by atoms with Crippen molar-refractivity contribution in [3.05, 3.63) is 28.8 Å². The van der Waals surface area contributed by atoms with E-state index in [-0.39, 0.29) is 84.6 Å². The number of hydrogen-bond acceptors (Lipinski definition) is 26. The predicted molar refractivity (Wildman–Crippen MR) is 296 cm³/mol. The second-order valence-corrected chi connectivity index (χ2v) is 24.1. The van der Waals surface area contributed by atoms with Gasteiger partial charge in [-0.15, -0.1) is 0 Å². The van der Waals surface area contributed by atoms with Crippen molar-refractivity contribution in [1.29, 1.82) is 0 Å². The third kappa shape index (κ3) is 14.8. The normalized spacial score (nSPS) is 38.8. The summed E-state index contributed by atoms with van der Waals surface area (Å²) >= 11 is 0. The van der Waals surface area contributed by atoms with E-state index in [1.165, 1.54) is 46.9 Å². The third-order valence-corrected chi connectivity index (χ3v) is 17.4. The van der Waals surface area contributed by atoms with E-state index >= 15 is 4.79 Å². The van der Waals surface area contributed by atoms with Gasteiger partial charge >= 0.3 is 11.9 Å². The molecule has 0 spiro atoms. The first kappa shape index (κ1) is 67.6. The molecule has 26 heteroatoms. The van der Waals surface area contributed by atoms with Crippen LogP contribution in [0.2, 0.25) is 0 Å². The first-order valence-corrected chi connectivity index (χ1v) is 29.9. The van der Waals surface area contributed by atoms with Crippen molar-refractivity contribution in [2.75, 3.05) is 7.11 Å². The number of ether oxygens (including phenoxy) is 13. The van der Waals surface area contributed by atoms with Gasteiger partial charge in [0.25, 0.3) is 0 Å². The van der Waals surface area contributed by atoms with Crippen LogP contribution >= 0.6 is 0 Å². The van der Waals surface area contributed by atoms with Crippen molar-refractivity contribution in [1.82, 2.24) is 0 Å². The van der Waals surface area contributed by atoms with Crippen LogP contribution in [0.5, 0.6) is 17.2 Å². The van der Waals surface area contributed by atoms with E-state index < -0.39 is 188 Å². The molecule has 0 saturated carbocycles. The van der Waals surface area contributed by atoms with Crippen LogP contribution in [0.3, 0.4) is 0 Å². The van der Waals surface area contributed by atoms with E-state index in [1.807, 2.05) is 6.92 Å². The smallest absolute Gasteiger partial charge is 0.306 e. The molecule has 484 valence electrons. The molecule has 0 unspecified atom stereocenters. The van der Waals surface area contributed by atoms with Crippen molar-refractivity contribution < 1.29 is 127 Å². The summed E-state index contributed by atoms with van der Waals surface area (Å²) in [7, 11) is 1.19. The molecule has 0 bridgehead atoms. The van der Waals surface area contributed by atoms with Crippen molar-refractivity contribution in [2.24, 2.45) is 5.92 Å². The van der Waals surface area contributed by atoms with Crippen LogP contribution < -0.4 is 4.74 Å². The highest BCUT2D eigenvalue weighted by Crippen LogP contribution is 2.48. The number of carbonyl (C=O) groups is 4. The first-order chi connectivity index (χ1) is 40.5. The number of ketones is 2. The van der Waals surface area contributed by atoms with E-state index in [1.54, 1.807) is 34.6 Å². The molecular weight excluding hydrogens is 1140 g/mol. The summed E-state index contributed by atoms with van der Waals surface area (Å²) in [6.45, 7) is 15.8. The highest BCUT2D eigenvalue weighted by molar-refractivity contribution is 6.11. The van der Waals surface area contributed by atoms with Crippen molar-refractivity contribution >= 4 is 34.3 Å². The first-order valence-electron chi connectivity index (χ1n) is 29.9. The summed E-state index contributed by atoms with van der Waals surface area (Å²) in [5, 5.41) is 102. The number of Topliss-reactive ketones (excluding diaryl/α,β-unsaturated/α-hetero) is 2. The van der Waals surface area contributed by atoms with Gasteiger partial charge < -0.3 is 108 Å². The molecule has 2 aromatic rings. The van der Waals surface area contributed by atoms with Gasteiger partial charge in [0.15, 0.2) is 42.8 Å². The topological polar surface area (TPSA) is 370 Å². The van der Waals surface area contributed by atoms with Gasteiger partial charge in [0.2, 0.25) is 6.29 Å². The maximum absolute atomic E-state index is 15.3. The third-order valence-electron chi connectivity index (χ3n) is 17.4. The maximum atomic E-state index is 15.3. The maximum Gasteiger partial charge on any atom is 0.306 e. The Bertz CT molecular complexity index is 2690. The number of aliphatic hydroxyl groups is 7. The van der Waals surface area contributed by atoms with E-state index in [0.29, 0.717) is 12.8 Å².